The van der Waals surface area contributed by atoms with Gasteiger partial charge in [0.25, 0.3) is 10.1 Å². The Kier molecular flexibility index (Phi) is 2.19. The Labute approximate surface area is 70.4 Å². The van der Waals surface area contributed by atoms with Crippen molar-refractivity contribution in [3.8, 4) is 0 Å². The van der Waals surface area contributed by atoms with Crippen molar-refractivity contribution in [2.75, 3.05) is 11.5 Å². The number of hydrogen-bond acceptors (Lipinski definition) is 5. The first-order chi connectivity index (χ1) is 5.22. The van der Waals surface area contributed by atoms with Gasteiger partial charge in [-0.15, -0.1) is 0 Å². The minimum Gasteiger partial charge on any atom is -0.326 e. The van der Waals surface area contributed by atoms with Gasteiger partial charge in [-0.25, -0.2) is 8.42 Å². The summed E-state index contributed by atoms with van der Waals surface area (Å²) < 4.78 is 51.3. The molecule has 0 aromatic heterocycles. The van der Waals surface area contributed by atoms with Crippen molar-refractivity contribution in [3.05, 3.63) is 0 Å². The monoisotopic (exact) mass is 215 g/mol. The van der Waals surface area contributed by atoms with Crippen LogP contribution in [-0.2, 0) is 20.0 Å². The quantitative estimate of drug-likeness (QED) is 0.489. The van der Waals surface area contributed by atoms with E-state index >= 15 is 0 Å². The maximum Gasteiger partial charge on any atom is 0.270 e. The Balaban J connectivity index is 3.01. The topological polar surface area (TPSA) is 115 Å². The number of hydrogen-bond donors (Lipinski definition) is 2. The van der Waals surface area contributed by atoms with Crippen LogP contribution in [0.1, 0.15) is 0 Å². The lowest BCUT2D eigenvalue weighted by Gasteiger charge is -2.08. The van der Waals surface area contributed by atoms with Gasteiger partial charge in [-0.2, -0.15) is 8.42 Å². The van der Waals surface area contributed by atoms with E-state index in [1.54, 1.807) is 0 Å². The molecule has 12 heavy (non-hydrogen) atoms. The second-order valence-corrected chi connectivity index (χ2v) is 6.58. The van der Waals surface area contributed by atoms with Crippen molar-refractivity contribution in [1.82, 2.24) is 0 Å². The Bertz CT molecular complexity index is 368. The van der Waals surface area contributed by atoms with Crippen LogP contribution >= 0.6 is 0 Å². The average Bonchev–Trinajstić information content (AvgIpc) is 2.03. The molecule has 1 aliphatic heterocycles. The molecular formula is C4H9NO5S2. The van der Waals surface area contributed by atoms with Crippen molar-refractivity contribution >= 4 is 20.0 Å². The molecule has 1 aliphatic rings. The van der Waals surface area contributed by atoms with Crippen molar-refractivity contribution in [1.29, 1.82) is 0 Å². The minimum absolute atomic E-state index is 0.378. The van der Waals surface area contributed by atoms with Gasteiger partial charge in [-0.1, -0.05) is 0 Å². The van der Waals surface area contributed by atoms with Crippen LogP contribution in [0.4, 0.5) is 0 Å². The van der Waals surface area contributed by atoms with Crippen LogP contribution in [-0.4, -0.2) is 44.2 Å². The molecule has 0 saturated carbocycles. The Morgan fingerprint density at radius 2 is 1.83 bits per heavy atom. The van der Waals surface area contributed by atoms with E-state index in [0.29, 0.717) is 0 Å². The van der Waals surface area contributed by atoms with Crippen molar-refractivity contribution in [2.45, 2.75) is 11.3 Å². The number of rotatable bonds is 1. The zero-order valence-electron chi connectivity index (χ0n) is 6.04. The zero-order chi connectivity index (χ0) is 9.57. The van der Waals surface area contributed by atoms with E-state index in [1.165, 1.54) is 0 Å². The highest BCUT2D eigenvalue weighted by atomic mass is 32.2. The predicted molar refractivity (Wildman–Crippen MR) is 42.0 cm³/mol. The fourth-order valence-corrected chi connectivity index (χ4v) is 4.82. The van der Waals surface area contributed by atoms with Gasteiger partial charge in [0.15, 0.2) is 9.84 Å². The molecule has 0 radical (unpaired) electrons. The van der Waals surface area contributed by atoms with Gasteiger partial charge in [0.1, 0.15) is 5.25 Å². The first kappa shape index (κ1) is 9.90. The highest BCUT2D eigenvalue weighted by Gasteiger charge is 2.42. The van der Waals surface area contributed by atoms with E-state index in [0.717, 1.165) is 0 Å². The van der Waals surface area contributed by atoms with Crippen LogP contribution in [0.3, 0.4) is 0 Å². The van der Waals surface area contributed by atoms with Crippen LogP contribution in [0, 0.1) is 0 Å². The van der Waals surface area contributed by atoms with E-state index in [2.05, 4.69) is 0 Å². The summed E-state index contributed by atoms with van der Waals surface area (Å²) in [5, 5.41) is -1.36. The summed E-state index contributed by atoms with van der Waals surface area (Å²) >= 11 is 0. The highest BCUT2D eigenvalue weighted by molar-refractivity contribution is 7.94. The molecule has 0 amide bonds. The molecule has 2 atom stereocenters. The van der Waals surface area contributed by atoms with E-state index in [9.17, 15) is 16.8 Å². The maximum atomic E-state index is 10.8. The van der Waals surface area contributed by atoms with Crippen LogP contribution < -0.4 is 5.73 Å². The third kappa shape index (κ3) is 1.94. The van der Waals surface area contributed by atoms with Crippen LogP contribution in [0.5, 0.6) is 0 Å². The molecule has 1 fully saturated rings. The van der Waals surface area contributed by atoms with Gasteiger partial charge >= 0.3 is 0 Å². The molecule has 8 heteroatoms. The first-order valence-corrected chi connectivity index (χ1v) is 6.47. The van der Waals surface area contributed by atoms with E-state index in [1.807, 2.05) is 0 Å². The molecule has 0 aromatic carbocycles. The average molecular weight is 215 g/mol. The SMILES string of the molecule is N[C@H]1CS(=O)(=O)C[C@H]1S(=O)(=O)O. The summed E-state index contributed by atoms with van der Waals surface area (Å²) in [4.78, 5) is 0. The summed E-state index contributed by atoms with van der Waals surface area (Å²) in [6.07, 6.45) is 0. The largest absolute Gasteiger partial charge is 0.326 e. The Morgan fingerprint density at radius 1 is 1.33 bits per heavy atom. The molecule has 0 spiro atoms. The molecule has 72 valence electrons. The summed E-state index contributed by atoms with van der Waals surface area (Å²) in [6, 6.07) is -1.01. The van der Waals surface area contributed by atoms with Gasteiger partial charge in [-0.3, -0.25) is 4.55 Å². The van der Waals surface area contributed by atoms with Gasteiger partial charge < -0.3 is 5.73 Å². The number of sulfone groups is 1. The van der Waals surface area contributed by atoms with Crippen molar-refractivity contribution in [2.24, 2.45) is 5.73 Å². The summed E-state index contributed by atoms with van der Waals surface area (Å²) in [5.41, 5.74) is 5.22. The molecule has 1 heterocycles. The van der Waals surface area contributed by atoms with Crippen LogP contribution in [0.15, 0.2) is 0 Å². The number of nitrogens with two attached hydrogens (primary N) is 1. The maximum absolute atomic E-state index is 10.8. The van der Waals surface area contributed by atoms with E-state index in [-0.39, 0.29) is 5.75 Å². The molecule has 1 rings (SSSR count). The fourth-order valence-electron chi connectivity index (χ4n) is 1.15. The summed E-state index contributed by atoms with van der Waals surface area (Å²) in [7, 11) is -7.72. The van der Waals surface area contributed by atoms with Gasteiger partial charge in [0.2, 0.25) is 0 Å². The Morgan fingerprint density at radius 3 is 2.00 bits per heavy atom. The zero-order valence-corrected chi connectivity index (χ0v) is 7.68. The lowest BCUT2D eigenvalue weighted by molar-refractivity contribution is 0.465. The second kappa shape index (κ2) is 2.66. The Hall–Kier alpha value is -0.180. The standard InChI is InChI=1S/C4H9NO5S2/c5-3-1-11(6,7)2-4(3)12(8,9)10/h3-4H,1-2,5H2,(H,8,9,10)/t3-,4+/m0/s1. The lowest BCUT2D eigenvalue weighted by Crippen LogP contribution is -2.38. The summed E-state index contributed by atoms with van der Waals surface area (Å²) in [5.74, 6) is -0.954. The lowest BCUT2D eigenvalue weighted by atomic mass is 10.3. The van der Waals surface area contributed by atoms with Crippen molar-refractivity contribution in [3.63, 3.8) is 0 Å². The minimum atomic E-state index is -4.33. The highest BCUT2D eigenvalue weighted by Crippen LogP contribution is 2.16. The second-order valence-electron chi connectivity index (χ2n) is 2.79. The molecule has 0 unspecified atom stereocenters. The van der Waals surface area contributed by atoms with Crippen LogP contribution in [0.2, 0.25) is 0 Å². The summed E-state index contributed by atoms with van der Waals surface area (Å²) in [6.45, 7) is 0. The van der Waals surface area contributed by atoms with E-state index < -0.39 is 37.0 Å². The molecule has 3 N–H and O–H groups in total. The molecule has 0 aliphatic carbocycles. The third-order valence-electron chi connectivity index (χ3n) is 1.72. The van der Waals surface area contributed by atoms with E-state index in [4.69, 9.17) is 10.3 Å². The molecule has 0 bridgehead atoms. The van der Waals surface area contributed by atoms with Gasteiger partial charge in [0, 0.05) is 6.04 Å². The molecular weight excluding hydrogens is 206 g/mol. The van der Waals surface area contributed by atoms with Crippen molar-refractivity contribution < 1.29 is 21.4 Å². The van der Waals surface area contributed by atoms with Crippen LogP contribution in [0.25, 0.3) is 0 Å². The predicted octanol–water partition coefficient (Wildman–Crippen LogP) is -2.00. The normalized spacial score (nSPS) is 35.2. The fraction of sp³-hybridized carbons (Fsp3) is 1.00. The molecule has 1 saturated heterocycles. The van der Waals surface area contributed by atoms with Gasteiger partial charge in [-0.05, 0) is 0 Å². The van der Waals surface area contributed by atoms with Gasteiger partial charge in [0.05, 0.1) is 11.5 Å². The third-order valence-corrected chi connectivity index (χ3v) is 4.98. The molecule has 6 nitrogen and oxygen atoms in total. The smallest absolute Gasteiger partial charge is 0.270 e. The first-order valence-electron chi connectivity index (χ1n) is 3.15. The molecule has 0 aromatic rings.